The maximum atomic E-state index is 11.9. The van der Waals surface area contributed by atoms with Gasteiger partial charge in [0.1, 0.15) is 0 Å². The Morgan fingerprint density at radius 2 is 1.65 bits per heavy atom. The van der Waals surface area contributed by atoms with Gasteiger partial charge in [-0.25, -0.2) is 0 Å². The molecule has 2 aliphatic rings. The van der Waals surface area contributed by atoms with Crippen molar-refractivity contribution >= 4 is 17.4 Å². The van der Waals surface area contributed by atoms with Crippen molar-refractivity contribution < 1.29 is 4.79 Å². The highest BCUT2D eigenvalue weighted by atomic mass is 16.1. The van der Waals surface area contributed by atoms with Crippen molar-refractivity contribution in [3.8, 4) is 0 Å². The van der Waals surface area contributed by atoms with Crippen LogP contribution < -0.4 is 10.4 Å². The van der Waals surface area contributed by atoms with E-state index >= 15 is 0 Å². The van der Waals surface area contributed by atoms with Crippen LogP contribution in [0, 0.1) is 10.4 Å². The van der Waals surface area contributed by atoms with Crippen molar-refractivity contribution in [2.24, 2.45) is 0 Å². The molecule has 0 atom stereocenters. The number of hydrogen-bond acceptors (Lipinski definition) is 1. The third-order valence-corrected chi connectivity index (χ3v) is 4.63. The highest BCUT2D eigenvalue weighted by Crippen LogP contribution is 2.19. The lowest BCUT2D eigenvalue weighted by molar-refractivity contribution is -0.114. The molecule has 0 aliphatic heterocycles. The number of carbonyl (C=O) groups excluding carboxylic acids is 1. The lowest BCUT2D eigenvalue weighted by Crippen LogP contribution is -2.26. The van der Waals surface area contributed by atoms with Crippen molar-refractivity contribution in [1.29, 1.82) is 0 Å². The molecular formula is C19H16O. The summed E-state index contributed by atoms with van der Waals surface area (Å²) in [7, 11) is 0. The van der Waals surface area contributed by atoms with E-state index in [1.54, 1.807) is 0 Å². The zero-order valence-corrected chi connectivity index (χ0v) is 11.6. The average molecular weight is 260 g/mol. The summed E-state index contributed by atoms with van der Waals surface area (Å²) >= 11 is 0. The molecule has 20 heavy (non-hydrogen) atoms. The number of ketones is 1. The highest BCUT2D eigenvalue weighted by Gasteiger charge is 2.18. The number of rotatable bonds is 0. The minimum atomic E-state index is 0.303. The Bertz CT molecular complexity index is 948. The predicted octanol–water partition coefficient (Wildman–Crippen LogP) is 2.00. The molecule has 2 aromatic rings. The molecule has 2 aromatic carbocycles. The van der Waals surface area contributed by atoms with Crippen LogP contribution in [0.5, 0.6) is 0 Å². The van der Waals surface area contributed by atoms with Crippen molar-refractivity contribution in [2.75, 3.05) is 0 Å². The van der Waals surface area contributed by atoms with Gasteiger partial charge in [-0.05, 0) is 57.3 Å². The first-order chi connectivity index (χ1) is 9.75. The summed E-state index contributed by atoms with van der Waals surface area (Å²) in [6.07, 6.45) is 4.85. The predicted molar refractivity (Wildman–Crippen MR) is 80.4 cm³/mol. The molecule has 0 amide bonds. The second-order valence-electron chi connectivity index (χ2n) is 5.66. The van der Waals surface area contributed by atoms with Gasteiger partial charge in [0.25, 0.3) is 0 Å². The molecule has 0 N–H and O–H groups in total. The van der Waals surface area contributed by atoms with Crippen LogP contribution in [0.3, 0.4) is 0 Å². The van der Waals surface area contributed by atoms with Gasteiger partial charge in [-0.15, -0.1) is 0 Å². The smallest absolute Gasteiger partial charge is 0.159 e. The van der Waals surface area contributed by atoms with E-state index in [9.17, 15) is 4.79 Å². The number of hydrogen-bond donors (Lipinski definition) is 0. The van der Waals surface area contributed by atoms with Gasteiger partial charge in [-0.1, -0.05) is 42.5 Å². The fraction of sp³-hybridized carbons (Fsp3) is 0.211. The standard InChI is InChI=1S/C19H16O/c1-12-14-8-9-17-15-5-3-2-4-13(15)6-7-18(17)16(14)10-11-19(12)20/h2-6,8-9H,7,10-11H2,1H3. The van der Waals surface area contributed by atoms with Crippen molar-refractivity contribution in [1.82, 2.24) is 0 Å². The van der Waals surface area contributed by atoms with E-state index in [-0.39, 0.29) is 0 Å². The average Bonchev–Trinajstić information content (AvgIpc) is 2.50. The van der Waals surface area contributed by atoms with Crippen LogP contribution in [0.4, 0.5) is 0 Å². The molecule has 98 valence electrons. The van der Waals surface area contributed by atoms with Gasteiger partial charge in [-0.2, -0.15) is 0 Å². The minimum absolute atomic E-state index is 0.303. The first-order valence-corrected chi connectivity index (χ1v) is 7.20. The largest absolute Gasteiger partial charge is 0.295 e. The fourth-order valence-electron chi connectivity index (χ4n) is 3.52. The molecule has 0 bridgehead atoms. The number of benzene rings is 2. The minimum Gasteiger partial charge on any atom is -0.295 e. The van der Waals surface area contributed by atoms with Crippen LogP contribution in [-0.2, 0) is 17.6 Å². The van der Waals surface area contributed by atoms with Crippen LogP contribution in [0.2, 0.25) is 0 Å². The first kappa shape index (κ1) is 11.7. The highest BCUT2D eigenvalue weighted by molar-refractivity contribution is 6.14. The Morgan fingerprint density at radius 3 is 2.55 bits per heavy atom. The lowest BCUT2D eigenvalue weighted by atomic mass is 9.86. The lowest BCUT2D eigenvalue weighted by Gasteiger charge is -2.18. The van der Waals surface area contributed by atoms with E-state index < -0.39 is 0 Å². The second-order valence-corrected chi connectivity index (χ2v) is 5.66. The van der Waals surface area contributed by atoms with Gasteiger partial charge in [0.15, 0.2) is 5.78 Å². The van der Waals surface area contributed by atoms with E-state index in [1.165, 1.54) is 32.0 Å². The molecule has 0 radical (unpaired) electrons. The molecule has 0 unspecified atom stereocenters. The Morgan fingerprint density at radius 1 is 0.850 bits per heavy atom. The normalized spacial score (nSPS) is 16.1. The van der Waals surface area contributed by atoms with E-state index in [4.69, 9.17) is 0 Å². The van der Waals surface area contributed by atoms with Crippen LogP contribution in [0.15, 0.2) is 36.4 Å². The zero-order chi connectivity index (χ0) is 13.7. The van der Waals surface area contributed by atoms with Gasteiger partial charge in [0.05, 0.1) is 0 Å². The summed E-state index contributed by atoms with van der Waals surface area (Å²) in [5.74, 6) is 0.303. The Balaban J connectivity index is 2.23. The fourth-order valence-corrected chi connectivity index (χ4v) is 3.52. The summed E-state index contributed by atoms with van der Waals surface area (Å²) in [5, 5.41) is 5.18. The second kappa shape index (κ2) is 4.17. The molecule has 2 aliphatic carbocycles. The molecule has 0 saturated carbocycles. The van der Waals surface area contributed by atoms with Crippen LogP contribution in [0.25, 0.3) is 11.6 Å². The number of fused-ring (bicyclic) bond motifs is 4. The van der Waals surface area contributed by atoms with Crippen LogP contribution in [-0.4, -0.2) is 5.78 Å². The molecular weight excluding hydrogens is 244 g/mol. The Hall–Kier alpha value is -2.15. The van der Waals surface area contributed by atoms with Gasteiger partial charge >= 0.3 is 0 Å². The summed E-state index contributed by atoms with van der Waals surface area (Å²) in [5.41, 5.74) is 3.76. The first-order valence-electron chi connectivity index (χ1n) is 7.20. The summed E-state index contributed by atoms with van der Waals surface area (Å²) in [6, 6.07) is 12.9. The summed E-state index contributed by atoms with van der Waals surface area (Å²) < 4.78 is 0. The van der Waals surface area contributed by atoms with Crippen molar-refractivity contribution in [3.05, 3.63) is 68.4 Å². The molecule has 1 nitrogen and oxygen atoms in total. The third-order valence-electron chi connectivity index (χ3n) is 4.63. The van der Waals surface area contributed by atoms with Gasteiger partial charge in [0.2, 0.25) is 0 Å². The van der Waals surface area contributed by atoms with E-state index in [0.717, 1.165) is 18.4 Å². The summed E-state index contributed by atoms with van der Waals surface area (Å²) in [6.45, 7) is 1.97. The van der Waals surface area contributed by atoms with Gasteiger partial charge in [-0.3, -0.25) is 4.79 Å². The summed E-state index contributed by atoms with van der Waals surface area (Å²) in [4.78, 5) is 11.9. The van der Waals surface area contributed by atoms with E-state index in [2.05, 4.69) is 42.5 Å². The SMILES string of the molecule is CC1=c2ccc3c(c2CCC1=O)CC=c1ccccc1=3. The van der Waals surface area contributed by atoms with E-state index in [1.807, 2.05) is 6.92 Å². The van der Waals surface area contributed by atoms with Gasteiger partial charge < -0.3 is 0 Å². The quantitative estimate of drug-likeness (QED) is 0.708. The van der Waals surface area contributed by atoms with Gasteiger partial charge in [0, 0.05) is 6.42 Å². The van der Waals surface area contributed by atoms with Crippen LogP contribution >= 0.6 is 0 Å². The maximum absolute atomic E-state index is 11.9. The molecule has 0 fully saturated rings. The Kier molecular flexibility index (Phi) is 2.43. The monoisotopic (exact) mass is 260 g/mol. The van der Waals surface area contributed by atoms with Crippen molar-refractivity contribution in [3.63, 3.8) is 0 Å². The Labute approximate surface area is 117 Å². The molecule has 0 heterocycles. The molecule has 4 rings (SSSR count). The van der Waals surface area contributed by atoms with Crippen molar-refractivity contribution in [2.45, 2.75) is 26.2 Å². The third kappa shape index (κ3) is 1.53. The number of Topliss-reactive ketones (excluding diaryl/α,β-unsaturated/α-hetero) is 1. The molecule has 0 saturated heterocycles. The topological polar surface area (TPSA) is 17.1 Å². The zero-order valence-electron chi connectivity index (χ0n) is 11.6. The number of carbonyl (C=O) groups is 1. The molecule has 0 spiro atoms. The molecule has 0 aromatic heterocycles. The maximum Gasteiger partial charge on any atom is 0.159 e. The molecule has 1 heteroatoms. The van der Waals surface area contributed by atoms with Crippen LogP contribution in [0.1, 0.15) is 24.5 Å². The van der Waals surface area contributed by atoms with E-state index in [0.29, 0.717) is 12.2 Å².